The van der Waals surface area contributed by atoms with Crippen LogP contribution in [0.3, 0.4) is 0 Å². The van der Waals surface area contributed by atoms with Crippen LogP contribution in [0.25, 0.3) is 0 Å². The molecule has 1 aromatic heterocycles. The average Bonchev–Trinajstić information content (AvgIpc) is 2.14. The molecule has 1 aromatic rings. The first-order valence-electron chi connectivity index (χ1n) is 4.80. The topological polar surface area (TPSA) is 64.1 Å². The highest BCUT2D eigenvalue weighted by molar-refractivity contribution is 9.10. The van der Waals surface area contributed by atoms with Gasteiger partial charge >= 0.3 is 6.09 Å². The minimum atomic E-state index is -0.491. The summed E-state index contributed by atoms with van der Waals surface area (Å²) in [5.41, 5.74) is 0.184. The summed E-state index contributed by atoms with van der Waals surface area (Å²) in [5.74, 6) is 0. The van der Waals surface area contributed by atoms with Crippen LogP contribution in [0.15, 0.2) is 17.0 Å². The van der Waals surface area contributed by atoms with Gasteiger partial charge in [-0.25, -0.2) is 9.78 Å². The Bertz CT molecular complexity index is 359. The van der Waals surface area contributed by atoms with Gasteiger partial charge in [-0.05, 0) is 36.7 Å². The lowest BCUT2D eigenvalue weighted by Gasteiger charge is -2.19. The van der Waals surface area contributed by atoms with Gasteiger partial charge in [-0.3, -0.25) is 4.98 Å². The van der Waals surface area contributed by atoms with Crippen LogP contribution in [0.2, 0.25) is 0 Å². The first-order valence-corrected chi connectivity index (χ1v) is 5.59. The number of aromatic nitrogens is 2. The predicted molar refractivity (Wildman–Crippen MR) is 62.8 cm³/mol. The van der Waals surface area contributed by atoms with Crippen molar-refractivity contribution in [3.63, 3.8) is 0 Å². The number of halogens is 1. The molecule has 0 spiro atoms. The van der Waals surface area contributed by atoms with E-state index < -0.39 is 11.7 Å². The molecule has 16 heavy (non-hydrogen) atoms. The molecule has 1 N–H and O–H groups in total. The maximum atomic E-state index is 11.3. The molecule has 1 heterocycles. The minimum absolute atomic E-state index is 0.301. The summed E-state index contributed by atoms with van der Waals surface area (Å²) < 4.78 is 5.74. The van der Waals surface area contributed by atoms with E-state index in [1.54, 1.807) is 12.4 Å². The molecule has 0 saturated carbocycles. The van der Waals surface area contributed by atoms with E-state index in [9.17, 15) is 4.79 Å². The quantitative estimate of drug-likeness (QED) is 0.906. The Labute approximate surface area is 103 Å². The third-order valence-corrected chi connectivity index (χ3v) is 1.90. The fraction of sp³-hybridized carbons (Fsp3) is 0.500. The van der Waals surface area contributed by atoms with Gasteiger partial charge in [-0.2, -0.15) is 0 Å². The fourth-order valence-electron chi connectivity index (χ4n) is 0.907. The number of carbonyl (C=O) groups excluding carboxylic acids is 1. The lowest BCUT2D eigenvalue weighted by atomic mass is 10.2. The van der Waals surface area contributed by atoms with Crippen molar-refractivity contribution < 1.29 is 9.53 Å². The van der Waals surface area contributed by atoms with Gasteiger partial charge in [-0.1, -0.05) is 0 Å². The lowest BCUT2D eigenvalue weighted by Crippen LogP contribution is -2.32. The number of carbonyl (C=O) groups is 1. The maximum absolute atomic E-state index is 11.3. The number of alkyl carbamates (subject to hydrolysis) is 1. The van der Waals surface area contributed by atoms with Crippen LogP contribution >= 0.6 is 15.9 Å². The molecule has 0 bridgehead atoms. The van der Waals surface area contributed by atoms with Gasteiger partial charge in [0.05, 0.1) is 24.6 Å². The number of hydrogen-bond donors (Lipinski definition) is 1. The van der Waals surface area contributed by atoms with Gasteiger partial charge in [0, 0.05) is 0 Å². The summed E-state index contributed by atoms with van der Waals surface area (Å²) in [6.45, 7) is 5.74. The number of nitrogens with zero attached hydrogens (tertiary/aromatic N) is 2. The number of ether oxygens (including phenoxy) is 1. The van der Waals surface area contributed by atoms with E-state index in [1.165, 1.54) is 0 Å². The highest BCUT2D eigenvalue weighted by Gasteiger charge is 2.15. The molecule has 6 heteroatoms. The number of hydrogen-bond acceptors (Lipinski definition) is 4. The Morgan fingerprint density at radius 1 is 1.44 bits per heavy atom. The zero-order valence-electron chi connectivity index (χ0n) is 9.45. The summed E-state index contributed by atoms with van der Waals surface area (Å²) >= 11 is 3.18. The van der Waals surface area contributed by atoms with E-state index in [0.717, 1.165) is 0 Å². The maximum Gasteiger partial charge on any atom is 0.407 e. The van der Waals surface area contributed by atoms with Crippen LogP contribution in [0.5, 0.6) is 0 Å². The van der Waals surface area contributed by atoms with Gasteiger partial charge in [0.15, 0.2) is 0 Å². The van der Waals surface area contributed by atoms with Crippen LogP contribution < -0.4 is 5.32 Å². The Balaban J connectivity index is 2.40. The first-order chi connectivity index (χ1) is 7.37. The van der Waals surface area contributed by atoms with Crippen LogP contribution in [0.1, 0.15) is 26.5 Å². The van der Waals surface area contributed by atoms with Crippen molar-refractivity contribution in [3.8, 4) is 0 Å². The predicted octanol–water partition coefficient (Wildman–Crippen LogP) is 2.26. The summed E-state index contributed by atoms with van der Waals surface area (Å²) in [4.78, 5) is 19.4. The molecule has 0 aliphatic carbocycles. The van der Waals surface area contributed by atoms with Crippen molar-refractivity contribution in [3.05, 3.63) is 22.7 Å². The second-order valence-electron chi connectivity index (χ2n) is 4.19. The smallest absolute Gasteiger partial charge is 0.407 e. The molecule has 0 aromatic carbocycles. The van der Waals surface area contributed by atoms with Crippen molar-refractivity contribution >= 4 is 22.0 Å². The molecule has 0 atom stereocenters. The van der Waals surface area contributed by atoms with Crippen LogP contribution in [-0.4, -0.2) is 21.7 Å². The summed E-state index contributed by atoms with van der Waals surface area (Å²) in [6, 6.07) is 0. The van der Waals surface area contributed by atoms with E-state index in [1.807, 2.05) is 20.8 Å². The number of amides is 1. The zero-order valence-corrected chi connectivity index (χ0v) is 11.0. The second kappa shape index (κ2) is 5.25. The molecule has 0 aliphatic heterocycles. The molecule has 0 radical (unpaired) electrons. The van der Waals surface area contributed by atoms with Gasteiger partial charge < -0.3 is 10.1 Å². The van der Waals surface area contributed by atoms with E-state index in [0.29, 0.717) is 16.8 Å². The van der Waals surface area contributed by atoms with E-state index in [4.69, 9.17) is 4.74 Å². The monoisotopic (exact) mass is 287 g/mol. The van der Waals surface area contributed by atoms with Gasteiger partial charge in [0.2, 0.25) is 0 Å². The van der Waals surface area contributed by atoms with Crippen LogP contribution in [0.4, 0.5) is 4.79 Å². The highest BCUT2D eigenvalue weighted by atomic mass is 79.9. The van der Waals surface area contributed by atoms with Gasteiger partial charge in [0.1, 0.15) is 10.2 Å². The molecule has 5 nitrogen and oxygen atoms in total. The Hall–Kier alpha value is -1.17. The summed E-state index contributed by atoms with van der Waals surface area (Å²) in [5, 5.41) is 2.60. The molecule has 0 saturated heterocycles. The minimum Gasteiger partial charge on any atom is -0.444 e. The average molecular weight is 288 g/mol. The second-order valence-corrected chi connectivity index (χ2v) is 5.00. The lowest BCUT2D eigenvalue weighted by molar-refractivity contribution is 0.0523. The third kappa shape index (κ3) is 5.06. The Kier molecular flexibility index (Phi) is 4.23. The van der Waals surface area contributed by atoms with Crippen molar-refractivity contribution in [1.82, 2.24) is 15.3 Å². The molecular formula is C10H14BrN3O2. The van der Waals surface area contributed by atoms with Gasteiger partial charge in [-0.15, -0.1) is 0 Å². The zero-order chi connectivity index (χ0) is 12.2. The van der Waals surface area contributed by atoms with Crippen molar-refractivity contribution in [2.24, 2.45) is 0 Å². The first kappa shape index (κ1) is 12.9. The molecule has 1 amide bonds. The summed E-state index contributed by atoms with van der Waals surface area (Å²) in [6.07, 6.45) is 2.70. The molecule has 88 valence electrons. The van der Waals surface area contributed by atoms with Crippen molar-refractivity contribution in [1.29, 1.82) is 0 Å². The van der Waals surface area contributed by atoms with Crippen molar-refractivity contribution in [2.75, 3.05) is 0 Å². The van der Waals surface area contributed by atoms with Gasteiger partial charge in [0.25, 0.3) is 0 Å². The molecule has 0 fully saturated rings. The summed E-state index contributed by atoms with van der Waals surface area (Å²) in [7, 11) is 0. The normalized spacial score (nSPS) is 11.0. The molecule has 1 rings (SSSR count). The standard InChI is InChI=1S/C10H14BrN3O2/c1-10(2,3)16-9(15)14-5-7-4-13-8(11)6-12-7/h4,6H,5H2,1-3H3,(H,14,15). The molecule has 0 aliphatic rings. The Morgan fingerprint density at radius 3 is 2.62 bits per heavy atom. The fourth-order valence-corrected chi connectivity index (χ4v) is 1.11. The Morgan fingerprint density at radius 2 is 2.12 bits per heavy atom. The van der Waals surface area contributed by atoms with E-state index >= 15 is 0 Å². The highest BCUT2D eigenvalue weighted by Crippen LogP contribution is 2.07. The SMILES string of the molecule is CC(C)(C)OC(=O)NCc1cnc(Br)cn1. The number of nitrogens with one attached hydrogen (secondary N) is 1. The van der Waals surface area contributed by atoms with E-state index in [-0.39, 0.29) is 0 Å². The largest absolute Gasteiger partial charge is 0.444 e. The van der Waals surface area contributed by atoms with E-state index in [2.05, 4.69) is 31.2 Å². The third-order valence-electron chi connectivity index (χ3n) is 1.49. The van der Waals surface area contributed by atoms with Crippen molar-refractivity contribution in [2.45, 2.75) is 32.9 Å². The molecular weight excluding hydrogens is 274 g/mol. The van der Waals surface area contributed by atoms with Crippen LogP contribution in [0, 0.1) is 0 Å². The van der Waals surface area contributed by atoms with Crippen LogP contribution in [-0.2, 0) is 11.3 Å². The molecule has 0 unspecified atom stereocenters. The number of rotatable bonds is 2.